The minimum Gasteiger partial charge on any atom is -0.491 e. The largest absolute Gasteiger partial charge is 0.491 e. The zero-order valence-electron chi connectivity index (χ0n) is 20.1. The summed E-state index contributed by atoms with van der Waals surface area (Å²) in [6, 6.07) is 18.3. The highest BCUT2D eigenvalue weighted by Gasteiger charge is 2.15. The van der Waals surface area contributed by atoms with Crippen molar-refractivity contribution in [3.63, 3.8) is 0 Å². The highest BCUT2D eigenvalue weighted by molar-refractivity contribution is 6.05. The van der Waals surface area contributed by atoms with Gasteiger partial charge in [0, 0.05) is 11.8 Å². The molecule has 1 heterocycles. The maximum Gasteiger partial charge on any atom is 0.257 e. The van der Waals surface area contributed by atoms with Crippen LogP contribution in [0.25, 0.3) is 0 Å². The predicted octanol–water partition coefficient (Wildman–Crippen LogP) is 6.71. The van der Waals surface area contributed by atoms with Gasteiger partial charge in [-0.1, -0.05) is 6.07 Å². The summed E-state index contributed by atoms with van der Waals surface area (Å²) >= 11 is 0. The van der Waals surface area contributed by atoms with E-state index in [-0.39, 0.29) is 24.2 Å². The average molecular weight is 449 g/mol. The van der Waals surface area contributed by atoms with Crippen molar-refractivity contribution in [2.45, 2.75) is 59.9 Å². The Morgan fingerprint density at radius 1 is 0.848 bits per heavy atom. The second kappa shape index (κ2) is 11.0. The summed E-state index contributed by atoms with van der Waals surface area (Å²) in [7, 11) is 0. The Bertz CT molecular complexity index is 1080. The number of pyridine rings is 1. The Kier molecular flexibility index (Phi) is 8.06. The van der Waals surface area contributed by atoms with Crippen LogP contribution in [0, 0.1) is 6.92 Å². The number of hydrogen-bond donors (Lipinski definition) is 1. The van der Waals surface area contributed by atoms with Gasteiger partial charge in [0.05, 0.1) is 35.3 Å². The van der Waals surface area contributed by atoms with Gasteiger partial charge in [-0.25, -0.2) is 0 Å². The molecule has 6 nitrogen and oxygen atoms in total. The maximum absolute atomic E-state index is 12.9. The van der Waals surface area contributed by atoms with Crippen LogP contribution in [0.4, 0.5) is 5.69 Å². The highest BCUT2D eigenvalue weighted by atomic mass is 16.5. The number of aromatic nitrogens is 1. The molecule has 0 radical (unpaired) electrons. The molecule has 3 aromatic rings. The molecule has 33 heavy (non-hydrogen) atoms. The second-order valence-electron chi connectivity index (χ2n) is 8.42. The standard InChI is InChI=1S/C27H32N2O4/c1-17(2)31-20(6)26-15-14-25(19(5)28-26)27(30)29-21-8-7-9-24(16-21)33-23-12-10-22(11-13-23)32-18(3)4/h7-18,20H,1-6H3,(H,29,30). The normalized spacial score (nSPS) is 12.0. The minimum atomic E-state index is -0.226. The van der Waals surface area contributed by atoms with Gasteiger partial charge in [-0.05, 0) is 90.1 Å². The molecule has 0 bridgehead atoms. The van der Waals surface area contributed by atoms with Crippen molar-refractivity contribution in [1.29, 1.82) is 0 Å². The van der Waals surface area contributed by atoms with Crippen molar-refractivity contribution in [3.05, 3.63) is 77.6 Å². The predicted molar refractivity (Wildman–Crippen MR) is 130 cm³/mol. The molecule has 174 valence electrons. The monoisotopic (exact) mass is 448 g/mol. The molecule has 0 saturated heterocycles. The van der Waals surface area contributed by atoms with Crippen molar-refractivity contribution < 1.29 is 19.0 Å². The Morgan fingerprint density at radius 3 is 2.18 bits per heavy atom. The van der Waals surface area contributed by atoms with E-state index in [4.69, 9.17) is 14.2 Å². The van der Waals surface area contributed by atoms with E-state index in [0.29, 0.717) is 28.4 Å². The highest BCUT2D eigenvalue weighted by Crippen LogP contribution is 2.27. The third-order valence-electron chi connectivity index (χ3n) is 4.77. The van der Waals surface area contributed by atoms with Crippen LogP contribution in [-0.4, -0.2) is 23.1 Å². The van der Waals surface area contributed by atoms with E-state index in [1.807, 2.05) is 90.1 Å². The molecule has 1 aromatic heterocycles. The molecular weight excluding hydrogens is 416 g/mol. The van der Waals surface area contributed by atoms with Crippen molar-refractivity contribution >= 4 is 11.6 Å². The maximum atomic E-state index is 12.9. The Labute approximate surface area is 195 Å². The van der Waals surface area contributed by atoms with E-state index in [0.717, 1.165) is 11.4 Å². The molecule has 0 saturated carbocycles. The van der Waals surface area contributed by atoms with Crippen molar-refractivity contribution in [1.82, 2.24) is 4.98 Å². The fraction of sp³-hybridized carbons (Fsp3) is 0.333. The Morgan fingerprint density at radius 2 is 1.55 bits per heavy atom. The molecule has 1 N–H and O–H groups in total. The van der Waals surface area contributed by atoms with Crippen LogP contribution in [-0.2, 0) is 4.74 Å². The fourth-order valence-corrected chi connectivity index (χ4v) is 3.36. The quantitative estimate of drug-likeness (QED) is 0.394. The molecule has 1 unspecified atom stereocenters. The number of nitrogens with one attached hydrogen (secondary N) is 1. The van der Waals surface area contributed by atoms with Crippen LogP contribution < -0.4 is 14.8 Å². The lowest BCUT2D eigenvalue weighted by atomic mass is 10.1. The van der Waals surface area contributed by atoms with Crippen molar-refractivity contribution in [3.8, 4) is 17.2 Å². The summed E-state index contributed by atoms with van der Waals surface area (Å²) in [5.74, 6) is 1.87. The number of hydrogen-bond acceptors (Lipinski definition) is 5. The van der Waals surface area contributed by atoms with E-state index in [2.05, 4.69) is 10.3 Å². The van der Waals surface area contributed by atoms with Gasteiger partial charge >= 0.3 is 0 Å². The van der Waals surface area contributed by atoms with Crippen LogP contribution >= 0.6 is 0 Å². The number of carbonyl (C=O) groups excluding carboxylic acids is 1. The summed E-state index contributed by atoms with van der Waals surface area (Å²) < 4.78 is 17.4. The molecule has 6 heteroatoms. The molecule has 0 fully saturated rings. The van der Waals surface area contributed by atoms with Gasteiger partial charge < -0.3 is 19.5 Å². The molecule has 1 atom stereocenters. The second-order valence-corrected chi connectivity index (χ2v) is 8.42. The van der Waals surface area contributed by atoms with Gasteiger partial charge in [-0.3, -0.25) is 9.78 Å². The van der Waals surface area contributed by atoms with Crippen molar-refractivity contribution in [2.24, 2.45) is 0 Å². The van der Waals surface area contributed by atoms with Gasteiger partial charge in [0.25, 0.3) is 5.91 Å². The van der Waals surface area contributed by atoms with Gasteiger partial charge in [0.1, 0.15) is 17.2 Å². The van der Waals surface area contributed by atoms with Gasteiger partial charge in [-0.15, -0.1) is 0 Å². The van der Waals surface area contributed by atoms with Gasteiger partial charge in [0.2, 0.25) is 0 Å². The van der Waals surface area contributed by atoms with Crippen LogP contribution in [0.1, 0.15) is 62.5 Å². The molecule has 1 amide bonds. The van der Waals surface area contributed by atoms with E-state index < -0.39 is 0 Å². The van der Waals surface area contributed by atoms with Crippen LogP contribution in [0.2, 0.25) is 0 Å². The lowest BCUT2D eigenvalue weighted by Crippen LogP contribution is -2.16. The van der Waals surface area contributed by atoms with E-state index in [1.165, 1.54) is 0 Å². The van der Waals surface area contributed by atoms with Crippen LogP contribution in [0.3, 0.4) is 0 Å². The summed E-state index contributed by atoms with van der Waals surface area (Å²) in [6.45, 7) is 11.7. The first-order chi connectivity index (χ1) is 15.7. The van der Waals surface area contributed by atoms with Gasteiger partial charge in [0.15, 0.2) is 0 Å². The first kappa shape index (κ1) is 24.3. The number of benzene rings is 2. The number of anilines is 1. The lowest BCUT2D eigenvalue weighted by Gasteiger charge is -2.17. The summed E-state index contributed by atoms with van der Waals surface area (Å²) in [5.41, 5.74) is 2.61. The summed E-state index contributed by atoms with van der Waals surface area (Å²) in [4.78, 5) is 17.4. The molecule has 0 aliphatic carbocycles. The van der Waals surface area contributed by atoms with Crippen LogP contribution in [0.5, 0.6) is 17.2 Å². The minimum absolute atomic E-state index is 0.103. The first-order valence-corrected chi connectivity index (χ1v) is 11.2. The van der Waals surface area contributed by atoms with Crippen LogP contribution in [0.15, 0.2) is 60.7 Å². The molecule has 0 aliphatic heterocycles. The zero-order chi connectivity index (χ0) is 24.0. The smallest absolute Gasteiger partial charge is 0.257 e. The lowest BCUT2D eigenvalue weighted by molar-refractivity contribution is 0.0154. The number of nitrogens with zero attached hydrogens (tertiary/aromatic N) is 1. The number of rotatable bonds is 9. The van der Waals surface area contributed by atoms with E-state index in [9.17, 15) is 4.79 Å². The SMILES string of the molecule is Cc1nc(C(C)OC(C)C)ccc1C(=O)Nc1cccc(Oc2ccc(OC(C)C)cc2)c1. The summed E-state index contributed by atoms with van der Waals surface area (Å²) in [6.07, 6.45) is 0.0791. The zero-order valence-corrected chi connectivity index (χ0v) is 20.1. The number of aryl methyl sites for hydroxylation is 1. The Hall–Kier alpha value is -3.38. The molecule has 3 rings (SSSR count). The molecule has 0 spiro atoms. The van der Waals surface area contributed by atoms with Crippen molar-refractivity contribution in [2.75, 3.05) is 5.32 Å². The molecular formula is C27H32N2O4. The third kappa shape index (κ3) is 7.05. The number of amides is 1. The molecule has 2 aromatic carbocycles. The van der Waals surface area contributed by atoms with E-state index >= 15 is 0 Å². The average Bonchev–Trinajstić information content (AvgIpc) is 2.74. The molecule has 0 aliphatic rings. The number of ether oxygens (including phenoxy) is 3. The van der Waals surface area contributed by atoms with E-state index in [1.54, 1.807) is 12.1 Å². The topological polar surface area (TPSA) is 69.7 Å². The summed E-state index contributed by atoms with van der Waals surface area (Å²) in [5, 5.41) is 2.93. The third-order valence-corrected chi connectivity index (χ3v) is 4.77. The first-order valence-electron chi connectivity index (χ1n) is 11.2. The Balaban J connectivity index is 1.67. The number of carbonyl (C=O) groups is 1. The van der Waals surface area contributed by atoms with Gasteiger partial charge in [-0.2, -0.15) is 0 Å². The fourth-order valence-electron chi connectivity index (χ4n) is 3.36.